The van der Waals surface area contributed by atoms with E-state index in [4.69, 9.17) is 10.5 Å². The molecule has 5 nitrogen and oxygen atoms in total. The molecule has 3 rings (SSSR count). The molecule has 0 bridgehead atoms. The number of pyridine rings is 1. The van der Waals surface area contributed by atoms with Gasteiger partial charge in [-0.05, 0) is 48.4 Å². The summed E-state index contributed by atoms with van der Waals surface area (Å²) in [7, 11) is 0. The first-order chi connectivity index (χ1) is 11.7. The van der Waals surface area contributed by atoms with E-state index in [1.807, 2.05) is 23.1 Å². The number of nitrogen functional groups attached to an aromatic ring is 1. The van der Waals surface area contributed by atoms with Crippen LogP contribution in [0.15, 0.2) is 35.8 Å². The average molecular weight is 345 g/mol. The normalized spacial score (nSPS) is 17.8. The number of nitrogens with two attached hydrogens (primary N) is 1. The monoisotopic (exact) mass is 345 g/mol. The maximum absolute atomic E-state index is 12.4. The minimum Gasteiger partial charge on any atom is -0.384 e. The molecule has 2 aromatic heterocycles. The van der Waals surface area contributed by atoms with Crippen molar-refractivity contribution in [3.8, 4) is 0 Å². The van der Waals surface area contributed by atoms with Gasteiger partial charge < -0.3 is 15.4 Å². The number of aryl methyl sites for hydroxylation is 2. The summed E-state index contributed by atoms with van der Waals surface area (Å²) in [6, 6.07) is 7.98. The minimum absolute atomic E-state index is 0.0961. The fraction of sp³-hybridized carbons (Fsp3) is 0.444. The van der Waals surface area contributed by atoms with Gasteiger partial charge in [0, 0.05) is 30.6 Å². The second kappa shape index (κ2) is 8.26. The number of nitrogens with zero attached hydrogens (tertiary/aromatic N) is 2. The SMILES string of the molecule is Nc1cc(CCC2CN(C(=O)CCc3cccs3)CCO2)ccn1. The largest absolute Gasteiger partial charge is 0.384 e. The molecule has 3 heterocycles. The summed E-state index contributed by atoms with van der Waals surface area (Å²) in [4.78, 5) is 19.6. The lowest BCUT2D eigenvalue weighted by atomic mass is 10.1. The molecule has 2 N–H and O–H groups in total. The molecule has 128 valence electrons. The highest BCUT2D eigenvalue weighted by molar-refractivity contribution is 7.09. The summed E-state index contributed by atoms with van der Waals surface area (Å²) < 4.78 is 5.82. The van der Waals surface area contributed by atoms with Crippen molar-refractivity contribution in [3.63, 3.8) is 0 Å². The van der Waals surface area contributed by atoms with Crippen molar-refractivity contribution in [2.75, 3.05) is 25.4 Å². The Hall–Kier alpha value is -1.92. The lowest BCUT2D eigenvalue weighted by Crippen LogP contribution is -2.45. The smallest absolute Gasteiger partial charge is 0.223 e. The molecule has 1 saturated heterocycles. The van der Waals surface area contributed by atoms with Crippen molar-refractivity contribution in [1.82, 2.24) is 9.88 Å². The van der Waals surface area contributed by atoms with Gasteiger partial charge in [0.15, 0.2) is 0 Å². The molecule has 1 fully saturated rings. The molecule has 1 atom stereocenters. The molecule has 0 aliphatic carbocycles. The second-order valence-corrected chi connectivity index (χ2v) is 7.07. The molecular formula is C18H23N3O2S. The average Bonchev–Trinajstić information content (AvgIpc) is 3.12. The molecule has 1 amide bonds. The first-order valence-electron chi connectivity index (χ1n) is 8.33. The summed E-state index contributed by atoms with van der Waals surface area (Å²) in [6.45, 7) is 2.00. The number of carbonyl (C=O) groups excluding carboxylic acids is 1. The predicted molar refractivity (Wildman–Crippen MR) is 95.9 cm³/mol. The summed E-state index contributed by atoms with van der Waals surface area (Å²) >= 11 is 1.71. The number of hydrogen-bond donors (Lipinski definition) is 1. The highest BCUT2D eigenvalue weighted by atomic mass is 32.1. The zero-order valence-corrected chi connectivity index (χ0v) is 14.5. The van der Waals surface area contributed by atoms with Crippen LogP contribution in [0.2, 0.25) is 0 Å². The number of anilines is 1. The topological polar surface area (TPSA) is 68.5 Å². The number of carbonyl (C=O) groups is 1. The Morgan fingerprint density at radius 2 is 2.33 bits per heavy atom. The second-order valence-electron chi connectivity index (χ2n) is 6.04. The number of ether oxygens (including phenoxy) is 1. The van der Waals surface area contributed by atoms with Gasteiger partial charge in [-0.15, -0.1) is 11.3 Å². The molecule has 24 heavy (non-hydrogen) atoms. The van der Waals surface area contributed by atoms with E-state index >= 15 is 0 Å². The number of aromatic nitrogens is 1. The molecule has 2 aromatic rings. The van der Waals surface area contributed by atoms with Gasteiger partial charge in [0.2, 0.25) is 5.91 Å². The van der Waals surface area contributed by atoms with Gasteiger partial charge >= 0.3 is 0 Å². The Kier molecular flexibility index (Phi) is 5.82. The zero-order chi connectivity index (χ0) is 16.8. The standard InChI is InChI=1S/C18H23N3O2S/c19-17-12-14(7-8-20-17)3-4-15-13-21(9-10-23-15)18(22)6-5-16-2-1-11-24-16/h1-2,7-8,11-12,15H,3-6,9-10,13H2,(H2,19,20). The third kappa shape index (κ3) is 4.79. The molecule has 1 aliphatic heterocycles. The van der Waals surface area contributed by atoms with E-state index in [2.05, 4.69) is 16.4 Å². The van der Waals surface area contributed by atoms with Gasteiger partial charge in [0.25, 0.3) is 0 Å². The van der Waals surface area contributed by atoms with E-state index in [9.17, 15) is 4.79 Å². The van der Waals surface area contributed by atoms with E-state index in [1.165, 1.54) is 4.88 Å². The van der Waals surface area contributed by atoms with Crippen LogP contribution in [0.25, 0.3) is 0 Å². The maximum atomic E-state index is 12.4. The Balaban J connectivity index is 1.46. The Morgan fingerprint density at radius 3 is 3.12 bits per heavy atom. The van der Waals surface area contributed by atoms with Crippen molar-refractivity contribution < 1.29 is 9.53 Å². The molecule has 0 aromatic carbocycles. The molecule has 0 radical (unpaired) electrons. The van der Waals surface area contributed by atoms with Gasteiger partial charge in [0.1, 0.15) is 5.82 Å². The zero-order valence-electron chi connectivity index (χ0n) is 13.7. The summed E-state index contributed by atoms with van der Waals surface area (Å²) in [6.07, 6.45) is 5.00. The van der Waals surface area contributed by atoms with E-state index in [-0.39, 0.29) is 12.0 Å². The third-order valence-electron chi connectivity index (χ3n) is 4.26. The van der Waals surface area contributed by atoms with E-state index in [0.717, 1.165) is 24.8 Å². The lowest BCUT2D eigenvalue weighted by molar-refractivity contribution is -0.138. The number of rotatable bonds is 6. The van der Waals surface area contributed by atoms with E-state index in [0.29, 0.717) is 31.9 Å². The summed E-state index contributed by atoms with van der Waals surface area (Å²) in [5.41, 5.74) is 6.87. The predicted octanol–water partition coefficient (Wildman–Crippen LogP) is 2.52. The molecule has 0 spiro atoms. The molecule has 1 aliphatic rings. The van der Waals surface area contributed by atoms with E-state index < -0.39 is 0 Å². The molecular weight excluding hydrogens is 322 g/mol. The van der Waals surface area contributed by atoms with Crippen LogP contribution in [0.5, 0.6) is 0 Å². The Labute approximate surface area is 146 Å². The van der Waals surface area contributed by atoms with Gasteiger partial charge in [-0.3, -0.25) is 4.79 Å². The number of morpholine rings is 1. The fourth-order valence-electron chi connectivity index (χ4n) is 2.94. The van der Waals surface area contributed by atoms with Gasteiger partial charge in [-0.1, -0.05) is 6.07 Å². The number of thiophene rings is 1. The quantitative estimate of drug-likeness (QED) is 0.873. The molecule has 6 heteroatoms. The first-order valence-corrected chi connectivity index (χ1v) is 9.21. The van der Waals surface area contributed by atoms with Crippen molar-refractivity contribution in [3.05, 3.63) is 46.3 Å². The summed E-state index contributed by atoms with van der Waals surface area (Å²) in [5.74, 6) is 0.771. The van der Waals surface area contributed by atoms with Gasteiger partial charge in [-0.25, -0.2) is 4.98 Å². The molecule has 0 saturated carbocycles. The van der Waals surface area contributed by atoms with Crippen LogP contribution < -0.4 is 5.73 Å². The first kappa shape index (κ1) is 16.9. The number of amides is 1. The van der Waals surface area contributed by atoms with Gasteiger partial charge in [-0.2, -0.15) is 0 Å². The van der Waals surface area contributed by atoms with E-state index in [1.54, 1.807) is 17.5 Å². The lowest BCUT2D eigenvalue weighted by Gasteiger charge is -2.33. The highest BCUT2D eigenvalue weighted by Gasteiger charge is 2.23. The van der Waals surface area contributed by atoms with Crippen molar-refractivity contribution in [1.29, 1.82) is 0 Å². The van der Waals surface area contributed by atoms with Crippen LogP contribution in [-0.2, 0) is 22.4 Å². The van der Waals surface area contributed by atoms with Crippen LogP contribution >= 0.6 is 11.3 Å². The Morgan fingerprint density at radius 1 is 1.42 bits per heavy atom. The van der Waals surface area contributed by atoms with Crippen LogP contribution in [0.1, 0.15) is 23.3 Å². The van der Waals surface area contributed by atoms with Crippen molar-refractivity contribution in [2.24, 2.45) is 0 Å². The third-order valence-corrected chi connectivity index (χ3v) is 5.19. The van der Waals surface area contributed by atoms with Gasteiger partial charge in [0.05, 0.1) is 12.7 Å². The Bertz CT molecular complexity index is 660. The minimum atomic E-state index is 0.0961. The molecule has 1 unspecified atom stereocenters. The fourth-order valence-corrected chi connectivity index (χ4v) is 3.65. The number of hydrogen-bond acceptors (Lipinski definition) is 5. The van der Waals surface area contributed by atoms with Crippen LogP contribution in [0, 0.1) is 0 Å². The van der Waals surface area contributed by atoms with Crippen LogP contribution in [0.3, 0.4) is 0 Å². The highest BCUT2D eigenvalue weighted by Crippen LogP contribution is 2.16. The van der Waals surface area contributed by atoms with Crippen LogP contribution in [-0.4, -0.2) is 41.6 Å². The van der Waals surface area contributed by atoms with Crippen LogP contribution in [0.4, 0.5) is 5.82 Å². The van der Waals surface area contributed by atoms with Crippen molar-refractivity contribution in [2.45, 2.75) is 31.8 Å². The summed E-state index contributed by atoms with van der Waals surface area (Å²) in [5, 5.41) is 2.05. The maximum Gasteiger partial charge on any atom is 0.223 e. The van der Waals surface area contributed by atoms with Crippen molar-refractivity contribution >= 4 is 23.1 Å².